The van der Waals surface area contributed by atoms with Crippen molar-refractivity contribution in [2.75, 3.05) is 5.32 Å². The molecule has 0 atom stereocenters. The van der Waals surface area contributed by atoms with Crippen molar-refractivity contribution in [2.45, 2.75) is 13.5 Å². The van der Waals surface area contributed by atoms with Crippen molar-refractivity contribution in [3.63, 3.8) is 0 Å². The van der Waals surface area contributed by atoms with Crippen LogP contribution in [0.15, 0.2) is 24.3 Å². The molecule has 0 amide bonds. The number of hydrogen-bond acceptors (Lipinski definition) is 2. The fraction of sp³-hybridized carbons (Fsp3) is 0.250. The Hall–Kier alpha value is -1.55. The Morgan fingerprint density at radius 1 is 1.41 bits per heavy atom. The lowest BCUT2D eigenvalue weighted by Gasteiger charge is -2.07. The Balaban J connectivity index is 2.15. The average molecular weight is 254 g/mol. The summed E-state index contributed by atoms with van der Waals surface area (Å²) in [6.45, 7) is 2.34. The van der Waals surface area contributed by atoms with E-state index in [2.05, 4.69) is 10.4 Å². The van der Waals surface area contributed by atoms with E-state index in [1.165, 1.54) is 6.07 Å². The van der Waals surface area contributed by atoms with Gasteiger partial charge in [0.2, 0.25) is 0 Å². The number of rotatable bonds is 3. The lowest BCUT2D eigenvalue weighted by molar-refractivity contribution is 0.630. The first-order valence-electron chi connectivity index (χ1n) is 5.26. The summed E-state index contributed by atoms with van der Waals surface area (Å²) >= 11 is 6.09. The van der Waals surface area contributed by atoms with Crippen molar-refractivity contribution in [1.82, 2.24) is 9.78 Å². The summed E-state index contributed by atoms with van der Waals surface area (Å²) in [6.07, 6.45) is 0. The summed E-state index contributed by atoms with van der Waals surface area (Å²) in [6, 6.07) is 6.54. The van der Waals surface area contributed by atoms with Crippen molar-refractivity contribution < 1.29 is 4.39 Å². The van der Waals surface area contributed by atoms with Crippen LogP contribution in [0.25, 0.3) is 0 Å². The molecule has 5 heteroatoms. The molecule has 1 N–H and O–H groups in total. The minimum Gasteiger partial charge on any atom is -0.378 e. The van der Waals surface area contributed by atoms with Crippen LogP contribution in [0, 0.1) is 12.7 Å². The third-order valence-corrected chi connectivity index (χ3v) is 3.07. The summed E-state index contributed by atoms with van der Waals surface area (Å²) in [4.78, 5) is 0. The predicted octanol–water partition coefficient (Wildman–Crippen LogP) is 3.13. The summed E-state index contributed by atoms with van der Waals surface area (Å²) < 4.78 is 15.0. The predicted molar refractivity (Wildman–Crippen MR) is 66.7 cm³/mol. The van der Waals surface area contributed by atoms with Gasteiger partial charge in [-0.2, -0.15) is 5.10 Å². The van der Waals surface area contributed by atoms with E-state index in [0.717, 1.165) is 11.3 Å². The molecule has 0 aliphatic rings. The maximum absolute atomic E-state index is 13.4. The van der Waals surface area contributed by atoms with Gasteiger partial charge < -0.3 is 5.32 Å². The van der Waals surface area contributed by atoms with Crippen LogP contribution in [0.3, 0.4) is 0 Å². The van der Waals surface area contributed by atoms with Gasteiger partial charge in [0.1, 0.15) is 11.0 Å². The van der Waals surface area contributed by atoms with Gasteiger partial charge in [0.25, 0.3) is 0 Å². The number of anilines is 1. The first kappa shape index (κ1) is 11.9. The Morgan fingerprint density at radius 3 is 2.71 bits per heavy atom. The molecular formula is C12H13ClFN3. The standard InChI is InChI=1S/C12H13ClFN3/c1-8-9(12(13)17(2)16-8)7-15-11-6-4-3-5-10(11)14/h3-6,15H,7H2,1-2H3. The zero-order valence-electron chi connectivity index (χ0n) is 9.67. The molecule has 0 saturated carbocycles. The molecule has 1 heterocycles. The topological polar surface area (TPSA) is 29.9 Å². The van der Waals surface area contributed by atoms with E-state index >= 15 is 0 Å². The van der Waals surface area contributed by atoms with Crippen molar-refractivity contribution in [2.24, 2.45) is 7.05 Å². The molecule has 0 spiro atoms. The van der Waals surface area contributed by atoms with Crippen LogP contribution in [0.2, 0.25) is 5.15 Å². The zero-order valence-corrected chi connectivity index (χ0v) is 10.4. The van der Waals surface area contributed by atoms with Crippen molar-refractivity contribution >= 4 is 17.3 Å². The number of aryl methyl sites for hydroxylation is 2. The second kappa shape index (κ2) is 4.75. The lowest BCUT2D eigenvalue weighted by atomic mass is 10.2. The lowest BCUT2D eigenvalue weighted by Crippen LogP contribution is -2.02. The number of hydrogen-bond donors (Lipinski definition) is 1. The monoisotopic (exact) mass is 253 g/mol. The fourth-order valence-corrected chi connectivity index (χ4v) is 1.90. The van der Waals surface area contributed by atoms with Crippen LogP contribution in [0.1, 0.15) is 11.3 Å². The van der Waals surface area contributed by atoms with Gasteiger partial charge >= 0.3 is 0 Å². The first-order valence-corrected chi connectivity index (χ1v) is 5.63. The Kier molecular flexibility index (Phi) is 3.33. The Labute approximate surface area is 104 Å². The molecule has 1 aromatic carbocycles. The van der Waals surface area contributed by atoms with E-state index in [9.17, 15) is 4.39 Å². The van der Waals surface area contributed by atoms with Crippen molar-refractivity contribution in [3.05, 3.63) is 46.5 Å². The highest BCUT2D eigenvalue weighted by Gasteiger charge is 2.11. The van der Waals surface area contributed by atoms with Crippen molar-refractivity contribution in [3.8, 4) is 0 Å². The third kappa shape index (κ3) is 2.42. The molecule has 0 aliphatic heterocycles. The van der Waals surface area contributed by atoms with E-state index in [-0.39, 0.29) is 5.82 Å². The molecule has 17 heavy (non-hydrogen) atoms. The first-order chi connectivity index (χ1) is 8.09. The molecule has 0 aliphatic carbocycles. The summed E-state index contributed by atoms with van der Waals surface area (Å²) in [5.74, 6) is -0.273. The molecule has 1 aromatic heterocycles. The molecule has 0 saturated heterocycles. The number of aromatic nitrogens is 2. The largest absolute Gasteiger partial charge is 0.378 e. The quantitative estimate of drug-likeness (QED) is 0.911. The van der Waals surface area contributed by atoms with Crippen molar-refractivity contribution in [1.29, 1.82) is 0 Å². The molecule has 3 nitrogen and oxygen atoms in total. The summed E-state index contributed by atoms with van der Waals surface area (Å²) in [7, 11) is 1.78. The Bertz CT molecular complexity index is 537. The van der Waals surface area contributed by atoms with Crippen LogP contribution in [0.4, 0.5) is 10.1 Å². The molecule has 90 valence electrons. The highest BCUT2D eigenvalue weighted by molar-refractivity contribution is 6.30. The third-order valence-electron chi connectivity index (χ3n) is 2.60. The minimum atomic E-state index is -0.273. The molecule has 0 fully saturated rings. The normalized spacial score (nSPS) is 10.6. The second-order valence-corrected chi connectivity index (χ2v) is 4.17. The fourth-order valence-electron chi connectivity index (χ4n) is 1.66. The smallest absolute Gasteiger partial charge is 0.146 e. The van der Waals surface area contributed by atoms with Crippen LogP contribution in [0.5, 0.6) is 0 Å². The van der Waals surface area contributed by atoms with E-state index in [4.69, 9.17) is 11.6 Å². The Morgan fingerprint density at radius 2 is 2.12 bits per heavy atom. The molecular weight excluding hydrogens is 241 g/mol. The van der Waals surface area contributed by atoms with Crippen LogP contribution >= 0.6 is 11.6 Å². The number of halogens is 2. The average Bonchev–Trinajstić information content (AvgIpc) is 2.53. The second-order valence-electron chi connectivity index (χ2n) is 3.81. The summed E-state index contributed by atoms with van der Waals surface area (Å²) in [5.41, 5.74) is 2.20. The molecule has 0 radical (unpaired) electrons. The van der Waals surface area contributed by atoms with E-state index in [1.54, 1.807) is 29.9 Å². The van der Waals surface area contributed by atoms with Gasteiger partial charge in [-0.3, -0.25) is 4.68 Å². The summed E-state index contributed by atoms with van der Waals surface area (Å²) in [5, 5.41) is 7.78. The highest BCUT2D eigenvalue weighted by atomic mass is 35.5. The molecule has 0 bridgehead atoms. The minimum absolute atomic E-state index is 0.273. The molecule has 0 unspecified atom stereocenters. The zero-order chi connectivity index (χ0) is 12.4. The molecule has 2 rings (SSSR count). The number of benzene rings is 1. The van der Waals surface area contributed by atoms with Crippen LogP contribution in [-0.4, -0.2) is 9.78 Å². The number of nitrogens with one attached hydrogen (secondary N) is 1. The number of nitrogens with zero attached hydrogens (tertiary/aromatic N) is 2. The van der Waals surface area contributed by atoms with Crippen LogP contribution in [-0.2, 0) is 13.6 Å². The van der Waals surface area contributed by atoms with Gasteiger partial charge in [0.05, 0.1) is 11.4 Å². The molecule has 2 aromatic rings. The van der Waals surface area contributed by atoms with Gasteiger partial charge in [-0.1, -0.05) is 23.7 Å². The SMILES string of the molecule is Cc1nn(C)c(Cl)c1CNc1ccccc1F. The maximum Gasteiger partial charge on any atom is 0.146 e. The van der Waals surface area contributed by atoms with Gasteiger partial charge in [-0.05, 0) is 19.1 Å². The van der Waals surface area contributed by atoms with E-state index in [0.29, 0.717) is 17.4 Å². The van der Waals surface area contributed by atoms with Gasteiger partial charge in [0, 0.05) is 19.2 Å². The van der Waals surface area contributed by atoms with Crippen LogP contribution < -0.4 is 5.32 Å². The number of para-hydroxylation sites is 1. The maximum atomic E-state index is 13.4. The van der Waals surface area contributed by atoms with Gasteiger partial charge in [-0.25, -0.2) is 4.39 Å². The van der Waals surface area contributed by atoms with Gasteiger partial charge in [-0.15, -0.1) is 0 Å². The van der Waals surface area contributed by atoms with E-state index < -0.39 is 0 Å². The van der Waals surface area contributed by atoms with Gasteiger partial charge in [0.15, 0.2) is 0 Å². The van der Waals surface area contributed by atoms with E-state index in [1.807, 2.05) is 6.92 Å². The highest BCUT2D eigenvalue weighted by Crippen LogP contribution is 2.21.